The lowest BCUT2D eigenvalue weighted by atomic mass is 10.1. The van der Waals surface area contributed by atoms with Gasteiger partial charge in [-0.1, -0.05) is 23.8 Å². The predicted octanol–water partition coefficient (Wildman–Crippen LogP) is 2.79. The van der Waals surface area contributed by atoms with Gasteiger partial charge in [0.2, 0.25) is 0 Å². The minimum atomic E-state index is -1.10. The first-order chi connectivity index (χ1) is 7.95. The van der Waals surface area contributed by atoms with Crippen molar-refractivity contribution >= 4 is 23.6 Å². The standard InChI is InChI=1S/C12H14ClNO3/c1-7-6-10(13)14-11(12(15)16)9(7)5-4-8(2)17-3/h4-6,8H,1-3H3,(H,15,16). The van der Waals surface area contributed by atoms with E-state index in [1.54, 1.807) is 32.3 Å². The molecule has 0 aromatic carbocycles. The molecule has 0 aliphatic rings. The first kappa shape index (κ1) is 13.7. The van der Waals surface area contributed by atoms with Gasteiger partial charge in [-0.2, -0.15) is 0 Å². The highest BCUT2D eigenvalue weighted by Gasteiger charge is 2.13. The second-order valence-corrected chi connectivity index (χ2v) is 4.02. The molecule has 1 N–H and O–H groups in total. The molecule has 0 amide bonds. The van der Waals surface area contributed by atoms with E-state index in [0.29, 0.717) is 5.56 Å². The van der Waals surface area contributed by atoms with Crippen molar-refractivity contribution in [2.45, 2.75) is 20.0 Å². The van der Waals surface area contributed by atoms with Crippen LogP contribution in [-0.4, -0.2) is 29.3 Å². The molecule has 0 saturated carbocycles. The van der Waals surface area contributed by atoms with Crippen LogP contribution in [0.3, 0.4) is 0 Å². The second kappa shape index (κ2) is 5.80. The van der Waals surface area contributed by atoms with Crippen molar-refractivity contribution in [1.29, 1.82) is 0 Å². The summed E-state index contributed by atoms with van der Waals surface area (Å²) in [5, 5.41) is 9.23. The number of halogens is 1. The number of ether oxygens (including phenoxy) is 1. The molecule has 1 aromatic heterocycles. The normalized spacial score (nSPS) is 12.9. The number of aryl methyl sites for hydroxylation is 1. The summed E-state index contributed by atoms with van der Waals surface area (Å²) in [4.78, 5) is 14.9. The molecule has 5 heteroatoms. The Balaban J connectivity index is 3.22. The summed E-state index contributed by atoms with van der Waals surface area (Å²) in [6.45, 7) is 3.65. The third-order valence-corrected chi connectivity index (χ3v) is 2.54. The first-order valence-electron chi connectivity index (χ1n) is 5.07. The third kappa shape index (κ3) is 3.54. The van der Waals surface area contributed by atoms with Gasteiger partial charge in [0.15, 0.2) is 5.69 Å². The molecule has 4 nitrogen and oxygen atoms in total. The zero-order chi connectivity index (χ0) is 13.0. The molecule has 1 unspecified atom stereocenters. The minimum absolute atomic E-state index is 0.0467. The lowest BCUT2D eigenvalue weighted by molar-refractivity contribution is 0.0690. The highest BCUT2D eigenvalue weighted by molar-refractivity contribution is 6.29. The van der Waals surface area contributed by atoms with Crippen LogP contribution in [0.15, 0.2) is 12.1 Å². The summed E-state index contributed by atoms with van der Waals surface area (Å²) in [6.07, 6.45) is 3.37. The predicted molar refractivity (Wildman–Crippen MR) is 66.4 cm³/mol. The Morgan fingerprint density at radius 2 is 2.29 bits per heavy atom. The van der Waals surface area contributed by atoms with E-state index in [2.05, 4.69) is 4.98 Å². The molecule has 0 aliphatic heterocycles. The number of rotatable bonds is 4. The van der Waals surface area contributed by atoms with E-state index in [4.69, 9.17) is 21.4 Å². The van der Waals surface area contributed by atoms with Crippen LogP contribution in [0.25, 0.3) is 6.08 Å². The largest absolute Gasteiger partial charge is 0.476 e. The molecule has 1 atom stereocenters. The van der Waals surface area contributed by atoms with Crippen molar-refractivity contribution < 1.29 is 14.6 Å². The quantitative estimate of drug-likeness (QED) is 0.841. The molecule has 92 valence electrons. The lowest BCUT2D eigenvalue weighted by Crippen LogP contribution is -2.06. The van der Waals surface area contributed by atoms with Gasteiger partial charge in [-0.3, -0.25) is 0 Å². The topological polar surface area (TPSA) is 59.4 Å². The van der Waals surface area contributed by atoms with Crippen molar-refractivity contribution in [3.63, 3.8) is 0 Å². The monoisotopic (exact) mass is 255 g/mol. The Morgan fingerprint density at radius 3 is 2.82 bits per heavy atom. The Kier molecular flexibility index (Phi) is 4.66. The van der Waals surface area contributed by atoms with E-state index in [-0.39, 0.29) is 17.0 Å². The summed E-state index contributed by atoms with van der Waals surface area (Å²) >= 11 is 5.73. The molecule has 0 saturated heterocycles. The molecule has 0 spiro atoms. The van der Waals surface area contributed by atoms with Crippen molar-refractivity contribution in [2.24, 2.45) is 0 Å². The van der Waals surface area contributed by atoms with E-state index >= 15 is 0 Å². The van der Waals surface area contributed by atoms with Crippen molar-refractivity contribution in [3.8, 4) is 0 Å². The Hall–Kier alpha value is -1.39. The molecular weight excluding hydrogens is 242 g/mol. The Bertz CT molecular complexity index is 457. The molecular formula is C12H14ClNO3. The number of carboxylic acid groups (broad SMARTS) is 1. The van der Waals surface area contributed by atoms with Gasteiger partial charge in [0, 0.05) is 12.7 Å². The maximum absolute atomic E-state index is 11.1. The summed E-state index contributed by atoms with van der Waals surface area (Å²) in [7, 11) is 1.58. The molecule has 1 rings (SSSR count). The number of aromatic carboxylic acids is 1. The summed E-state index contributed by atoms with van der Waals surface area (Å²) in [5.74, 6) is -1.10. The van der Waals surface area contributed by atoms with Crippen LogP contribution in [0.1, 0.15) is 28.5 Å². The number of hydrogen-bond acceptors (Lipinski definition) is 3. The lowest BCUT2D eigenvalue weighted by Gasteiger charge is -2.07. The van der Waals surface area contributed by atoms with Crippen molar-refractivity contribution in [1.82, 2.24) is 4.98 Å². The van der Waals surface area contributed by atoms with Gasteiger partial charge in [0.1, 0.15) is 5.15 Å². The Labute approximate surface area is 105 Å². The Morgan fingerprint density at radius 1 is 1.65 bits per heavy atom. The maximum atomic E-state index is 11.1. The zero-order valence-corrected chi connectivity index (χ0v) is 10.7. The van der Waals surface area contributed by atoms with Gasteiger partial charge in [-0.15, -0.1) is 0 Å². The molecule has 0 bridgehead atoms. The highest BCUT2D eigenvalue weighted by Crippen LogP contribution is 2.19. The van der Waals surface area contributed by atoms with Gasteiger partial charge in [0.25, 0.3) is 0 Å². The summed E-state index contributed by atoms with van der Waals surface area (Å²) < 4.78 is 5.06. The van der Waals surface area contributed by atoms with E-state index < -0.39 is 5.97 Å². The number of methoxy groups -OCH3 is 1. The molecule has 17 heavy (non-hydrogen) atoms. The fourth-order valence-corrected chi connectivity index (χ4v) is 1.57. The molecule has 0 fully saturated rings. The van der Waals surface area contributed by atoms with Crippen LogP contribution < -0.4 is 0 Å². The number of pyridine rings is 1. The van der Waals surface area contributed by atoms with E-state index in [1.165, 1.54) is 0 Å². The number of carboxylic acids is 1. The zero-order valence-electron chi connectivity index (χ0n) is 9.90. The van der Waals surface area contributed by atoms with Gasteiger partial charge < -0.3 is 9.84 Å². The van der Waals surface area contributed by atoms with Crippen LogP contribution in [-0.2, 0) is 4.74 Å². The maximum Gasteiger partial charge on any atom is 0.355 e. The number of hydrogen-bond donors (Lipinski definition) is 1. The number of aromatic nitrogens is 1. The highest BCUT2D eigenvalue weighted by atomic mass is 35.5. The van der Waals surface area contributed by atoms with Crippen LogP contribution in [0.2, 0.25) is 5.15 Å². The second-order valence-electron chi connectivity index (χ2n) is 3.63. The molecule has 0 aliphatic carbocycles. The number of nitrogens with zero attached hydrogens (tertiary/aromatic N) is 1. The van der Waals surface area contributed by atoms with E-state index in [0.717, 1.165) is 5.56 Å². The average molecular weight is 256 g/mol. The van der Waals surface area contributed by atoms with Gasteiger partial charge in [0.05, 0.1) is 6.10 Å². The summed E-state index contributed by atoms with van der Waals surface area (Å²) in [6, 6.07) is 1.63. The molecule has 0 radical (unpaired) electrons. The van der Waals surface area contributed by atoms with Gasteiger partial charge >= 0.3 is 5.97 Å². The number of carbonyl (C=O) groups is 1. The van der Waals surface area contributed by atoms with Crippen LogP contribution in [0.4, 0.5) is 0 Å². The molecule has 1 aromatic rings. The van der Waals surface area contributed by atoms with Crippen LogP contribution >= 0.6 is 11.6 Å². The van der Waals surface area contributed by atoms with Gasteiger partial charge in [-0.25, -0.2) is 9.78 Å². The van der Waals surface area contributed by atoms with Crippen molar-refractivity contribution in [2.75, 3.05) is 7.11 Å². The summed E-state index contributed by atoms with van der Waals surface area (Å²) in [5.41, 5.74) is 1.27. The molecule has 1 heterocycles. The fourth-order valence-electron chi connectivity index (χ4n) is 1.33. The smallest absolute Gasteiger partial charge is 0.355 e. The SMILES string of the molecule is COC(C)C=Cc1c(C)cc(Cl)nc1C(=O)O. The third-order valence-electron chi connectivity index (χ3n) is 2.34. The van der Waals surface area contributed by atoms with Crippen LogP contribution in [0, 0.1) is 6.92 Å². The first-order valence-corrected chi connectivity index (χ1v) is 5.45. The van der Waals surface area contributed by atoms with Crippen LogP contribution in [0.5, 0.6) is 0 Å². The van der Waals surface area contributed by atoms with Crippen molar-refractivity contribution in [3.05, 3.63) is 34.1 Å². The van der Waals surface area contributed by atoms with Gasteiger partial charge in [-0.05, 0) is 25.5 Å². The average Bonchev–Trinajstić information content (AvgIpc) is 2.26. The minimum Gasteiger partial charge on any atom is -0.476 e. The van der Waals surface area contributed by atoms with E-state index in [1.807, 2.05) is 6.92 Å². The fraction of sp³-hybridized carbons (Fsp3) is 0.333. The van der Waals surface area contributed by atoms with E-state index in [9.17, 15) is 4.79 Å².